The van der Waals surface area contributed by atoms with Crippen molar-refractivity contribution in [2.45, 2.75) is 143 Å². The normalized spacial score (nSPS) is 10.9. The van der Waals surface area contributed by atoms with Crippen LogP contribution in [0.4, 0.5) is 0 Å². The lowest BCUT2D eigenvalue weighted by atomic mass is 10.1. The van der Waals surface area contributed by atoms with Gasteiger partial charge in [0.05, 0.1) is 0 Å². The van der Waals surface area contributed by atoms with Gasteiger partial charge in [-0.1, -0.05) is 128 Å². The molecule has 1 aromatic carbocycles. The summed E-state index contributed by atoms with van der Waals surface area (Å²) in [6.45, 7) is 5.54. The number of benzene rings is 1. The second-order valence-electron chi connectivity index (χ2n) is 9.77. The smallest absolute Gasteiger partial charge is 0.220 e. The molecule has 1 aromatic rings. The summed E-state index contributed by atoms with van der Waals surface area (Å²) in [7, 11) is 0. The van der Waals surface area contributed by atoms with Crippen molar-refractivity contribution in [1.82, 2.24) is 10.6 Å². The maximum absolute atomic E-state index is 12.2. The quantitative estimate of drug-likeness (QED) is 0.168. The van der Waals surface area contributed by atoms with E-state index in [1.165, 1.54) is 77.0 Å². The first-order chi connectivity index (χ1) is 16.7. The molecular formula is C30H52N2O2. The van der Waals surface area contributed by atoms with E-state index >= 15 is 0 Å². The van der Waals surface area contributed by atoms with Crippen LogP contribution in [0.2, 0.25) is 0 Å². The van der Waals surface area contributed by atoms with E-state index < -0.39 is 0 Å². The Labute approximate surface area is 210 Å². The zero-order valence-corrected chi connectivity index (χ0v) is 22.3. The molecule has 1 rings (SSSR count). The predicted molar refractivity (Wildman–Crippen MR) is 145 cm³/mol. The highest BCUT2D eigenvalue weighted by atomic mass is 16.2. The number of rotatable bonds is 22. The third-order valence-corrected chi connectivity index (χ3v) is 6.59. The second-order valence-corrected chi connectivity index (χ2v) is 9.77. The molecule has 4 heteroatoms. The topological polar surface area (TPSA) is 58.2 Å². The lowest BCUT2D eigenvalue weighted by Crippen LogP contribution is -2.25. The molecule has 0 aliphatic rings. The van der Waals surface area contributed by atoms with Crippen LogP contribution in [0.3, 0.4) is 0 Å². The van der Waals surface area contributed by atoms with Crippen molar-refractivity contribution in [3.05, 3.63) is 35.4 Å². The maximum atomic E-state index is 12.2. The molecule has 0 unspecified atom stereocenters. The minimum Gasteiger partial charge on any atom is -0.352 e. The number of carbonyl (C=O) groups is 2. The first kappa shape index (κ1) is 30.2. The fourth-order valence-corrected chi connectivity index (χ4v) is 4.31. The molecule has 34 heavy (non-hydrogen) atoms. The van der Waals surface area contributed by atoms with Crippen molar-refractivity contribution in [2.24, 2.45) is 0 Å². The Morgan fingerprint density at radius 3 is 1.21 bits per heavy atom. The highest BCUT2D eigenvalue weighted by molar-refractivity contribution is 5.76. The van der Waals surface area contributed by atoms with Crippen molar-refractivity contribution in [1.29, 1.82) is 0 Å². The zero-order chi connectivity index (χ0) is 24.7. The van der Waals surface area contributed by atoms with Crippen LogP contribution >= 0.6 is 0 Å². The molecule has 2 N–H and O–H groups in total. The van der Waals surface area contributed by atoms with E-state index in [-0.39, 0.29) is 11.8 Å². The molecular weight excluding hydrogens is 420 g/mol. The van der Waals surface area contributed by atoms with E-state index in [1.807, 2.05) is 24.3 Å². The molecule has 194 valence electrons. The molecule has 0 fully saturated rings. The molecule has 0 aromatic heterocycles. The van der Waals surface area contributed by atoms with Crippen LogP contribution in [-0.2, 0) is 22.7 Å². The molecule has 4 nitrogen and oxygen atoms in total. The second kappa shape index (κ2) is 21.7. The largest absolute Gasteiger partial charge is 0.352 e. The van der Waals surface area contributed by atoms with E-state index in [0.717, 1.165) is 36.8 Å². The van der Waals surface area contributed by atoms with Gasteiger partial charge in [-0.25, -0.2) is 0 Å². The van der Waals surface area contributed by atoms with Crippen LogP contribution in [0.15, 0.2) is 24.3 Å². The summed E-state index contributed by atoms with van der Waals surface area (Å²) < 4.78 is 0. The Balaban J connectivity index is 2.16. The fourth-order valence-electron chi connectivity index (χ4n) is 4.31. The summed E-state index contributed by atoms with van der Waals surface area (Å²) in [5.74, 6) is 0.249. The molecule has 0 aliphatic heterocycles. The number of amides is 2. The van der Waals surface area contributed by atoms with Gasteiger partial charge in [-0.2, -0.15) is 0 Å². The SMILES string of the molecule is CCCCCCCCCCC(=O)NCc1ccccc1CNC(=O)CCCCCCCCCC. The summed E-state index contributed by atoms with van der Waals surface area (Å²) in [4.78, 5) is 24.5. The van der Waals surface area contributed by atoms with E-state index in [0.29, 0.717) is 25.9 Å². The third-order valence-electron chi connectivity index (χ3n) is 6.59. The number of hydrogen-bond acceptors (Lipinski definition) is 2. The highest BCUT2D eigenvalue weighted by Gasteiger charge is 2.07. The molecule has 0 heterocycles. The van der Waals surface area contributed by atoms with Gasteiger partial charge in [0, 0.05) is 25.9 Å². The molecule has 0 radical (unpaired) electrons. The van der Waals surface area contributed by atoms with Crippen molar-refractivity contribution in [3.8, 4) is 0 Å². The van der Waals surface area contributed by atoms with Gasteiger partial charge in [-0.05, 0) is 24.0 Å². The standard InChI is InChI=1S/C30H52N2O2/c1-3-5-7-9-11-13-15-17-23-29(33)31-25-27-21-19-20-22-28(27)26-32-30(34)24-18-16-14-12-10-8-6-4-2/h19-22H,3-18,23-26H2,1-2H3,(H,31,33)(H,32,34). The van der Waals surface area contributed by atoms with E-state index in [1.54, 1.807) is 0 Å². The lowest BCUT2D eigenvalue weighted by molar-refractivity contribution is -0.122. The van der Waals surface area contributed by atoms with Crippen LogP contribution in [0, 0.1) is 0 Å². The summed E-state index contributed by atoms with van der Waals surface area (Å²) in [6.07, 6.45) is 21.1. The minimum atomic E-state index is 0.125. The summed E-state index contributed by atoms with van der Waals surface area (Å²) >= 11 is 0. The van der Waals surface area contributed by atoms with E-state index in [2.05, 4.69) is 24.5 Å². The van der Waals surface area contributed by atoms with Gasteiger partial charge in [0.25, 0.3) is 0 Å². The Kier molecular flexibility index (Phi) is 19.2. The molecule has 0 saturated carbocycles. The van der Waals surface area contributed by atoms with Crippen LogP contribution in [0.1, 0.15) is 141 Å². The van der Waals surface area contributed by atoms with Crippen LogP contribution in [-0.4, -0.2) is 11.8 Å². The summed E-state index contributed by atoms with van der Waals surface area (Å²) in [6, 6.07) is 8.06. The van der Waals surface area contributed by atoms with Crippen LogP contribution in [0.25, 0.3) is 0 Å². The third kappa shape index (κ3) is 16.7. The van der Waals surface area contributed by atoms with Crippen molar-refractivity contribution in [3.63, 3.8) is 0 Å². The monoisotopic (exact) mass is 472 g/mol. The molecule has 0 saturated heterocycles. The maximum Gasteiger partial charge on any atom is 0.220 e. The average Bonchev–Trinajstić information content (AvgIpc) is 2.85. The van der Waals surface area contributed by atoms with Gasteiger partial charge in [-0.15, -0.1) is 0 Å². The van der Waals surface area contributed by atoms with Crippen molar-refractivity contribution >= 4 is 11.8 Å². The molecule has 0 atom stereocenters. The van der Waals surface area contributed by atoms with Crippen molar-refractivity contribution < 1.29 is 9.59 Å². The van der Waals surface area contributed by atoms with Gasteiger partial charge in [0.2, 0.25) is 11.8 Å². The van der Waals surface area contributed by atoms with Gasteiger partial charge >= 0.3 is 0 Å². The zero-order valence-electron chi connectivity index (χ0n) is 22.3. The number of hydrogen-bond donors (Lipinski definition) is 2. The Hall–Kier alpha value is -1.84. The number of carbonyl (C=O) groups excluding carboxylic acids is 2. The fraction of sp³-hybridized carbons (Fsp3) is 0.733. The minimum absolute atomic E-state index is 0.125. The van der Waals surface area contributed by atoms with Gasteiger partial charge in [-0.3, -0.25) is 9.59 Å². The number of nitrogens with one attached hydrogen (secondary N) is 2. The van der Waals surface area contributed by atoms with Gasteiger partial charge in [0.15, 0.2) is 0 Å². The average molecular weight is 473 g/mol. The highest BCUT2D eigenvalue weighted by Crippen LogP contribution is 2.12. The Bertz CT molecular complexity index is 589. The van der Waals surface area contributed by atoms with E-state index in [9.17, 15) is 9.59 Å². The van der Waals surface area contributed by atoms with Crippen LogP contribution in [0.5, 0.6) is 0 Å². The molecule has 0 bridgehead atoms. The van der Waals surface area contributed by atoms with Gasteiger partial charge in [0.1, 0.15) is 0 Å². The molecule has 0 spiro atoms. The molecule has 0 aliphatic carbocycles. The first-order valence-corrected chi connectivity index (χ1v) is 14.3. The predicted octanol–water partition coefficient (Wildman–Crippen LogP) is 7.98. The first-order valence-electron chi connectivity index (χ1n) is 14.3. The Morgan fingerprint density at radius 2 is 0.853 bits per heavy atom. The van der Waals surface area contributed by atoms with E-state index in [4.69, 9.17) is 0 Å². The lowest BCUT2D eigenvalue weighted by Gasteiger charge is -2.12. The Morgan fingerprint density at radius 1 is 0.529 bits per heavy atom. The van der Waals surface area contributed by atoms with Gasteiger partial charge < -0.3 is 10.6 Å². The van der Waals surface area contributed by atoms with Crippen LogP contribution < -0.4 is 10.6 Å². The summed E-state index contributed by atoms with van der Waals surface area (Å²) in [5, 5.41) is 6.12. The summed E-state index contributed by atoms with van der Waals surface area (Å²) in [5.41, 5.74) is 2.17. The number of unbranched alkanes of at least 4 members (excludes halogenated alkanes) is 14. The molecule has 2 amide bonds. The van der Waals surface area contributed by atoms with Crippen molar-refractivity contribution in [2.75, 3.05) is 0 Å².